The number of methoxy groups -OCH3 is 1. The Bertz CT molecular complexity index is 868. The predicted octanol–water partition coefficient (Wildman–Crippen LogP) is 4.57. The van der Waals surface area contributed by atoms with Crippen molar-refractivity contribution in [3.63, 3.8) is 0 Å². The lowest BCUT2D eigenvalue weighted by molar-refractivity contribution is -0.116. The van der Waals surface area contributed by atoms with Crippen molar-refractivity contribution in [1.29, 1.82) is 0 Å². The molecule has 2 aromatic carbocycles. The Hall–Kier alpha value is -2.40. The highest BCUT2D eigenvalue weighted by Crippen LogP contribution is 2.39. The maximum atomic E-state index is 12.7. The van der Waals surface area contributed by atoms with E-state index in [-0.39, 0.29) is 11.8 Å². The fourth-order valence-corrected chi connectivity index (χ4v) is 4.02. The largest absolute Gasteiger partial charge is 0.497 e. The highest BCUT2D eigenvalue weighted by atomic mass is 35.5. The zero-order valence-electron chi connectivity index (χ0n) is 15.2. The summed E-state index contributed by atoms with van der Waals surface area (Å²) in [4.78, 5) is 12.7. The lowest BCUT2D eigenvalue weighted by atomic mass is 9.81. The standard InChI is InChI=1S/C21H22ClNO4/c1-25-15-5-6-16-13(9-15)3-2-4-14(16)10-21(24)23-18-12-20-19(11-17(18)22)26-7-8-27-20/h5-6,9,11-12,14H,2-4,7-8,10H2,1H3,(H,23,24). The van der Waals surface area contributed by atoms with Gasteiger partial charge in [-0.15, -0.1) is 0 Å². The van der Waals surface area contributed by atoms with E-state index in [9.17, 15) is 4.79 Å². The third-order valence-electron chi connectivity index (χ3n) is 5.13. The number of anilines is 1. The van der Waals surface area contributed by atoms with Crippen LogP contribution in [0, 0.1) is 0 Å². The van der Waals surface area contributed by atoms with Gasteiger partial charge < -0.3 is 19.5 Å². The summed E-state index contributed by atoms with van der Waals surface area (Å²) in [6.45, 7) is 0.991. The Morgan fingerprint density at radius 3 is 2.78 bits per heavy atom. The van der Waals surface area contributed by atoms with Crippen LogP contribution in [-0.4, -0.2) is 26.2 Å². The molecule has 0 fully saturated rings. The van der Waals surface area contributed by atoms with Crippen LogP contribution in [-0.2, 0) is 11.2 Å². The van der Waals surface area contributed by atoms with Crippen LogP contribution in [0.1, 0.15) is 36.3 Å². The predicted molar refractivity (Wildman–Crippen MR) is 104 cm³/mol. The van der Waals surface area contributed by atoms with Gasteiger partial charge in [-0.3, -0.25) is 4.79 Å². The summed E-state index contributed by atoms with van der Waals surface area (Å²) in [5.41, 5.74) is 3.07. The van der Waals surface area contributed by atoms with Crippen molar-refractivity contribution < 1.29 is 19.0 Å². The number of ether oxygens (including phenoxy) is 3. The molecule has 1 aliphatic carbocycles. The molecule has 0 spiro atoms. The zero-order chi connectivity index (χ0) is 18.8. The van der Waals surface area contributed by atoms with E-state index in [0.29, 0.717) is 41.8 Å². The van der Waals surface area contributed by atoms with Crippen molar-refractivity contribution >= 4 is 23.2 Å². The van der Waals surface area contributed by atoms with Crippen LogP contribution in [0.3, 0.4) is 0 Å². The molecule has 2 aliphatic rings. The Balaban J connectivity index is 1.48. The van der Waals surface area contributed by atoms with E-state index in [4.69, 9.17) is 25.8 Å². The summed E-state index contributed by atoms with van der Waals surface area (Å²) in [7, 11) is 1.67. The Labute approximate surface area is 163 Å². The molecule has 4 rings (SSSR count). The maximum Gasteiger partial charge on any atom is 0.225 e. The molecule has 5 nitrogen and oxygen atoms in total. The second kappa shape index (κ2) is 7.69. The first kappa shape index (κ1) is 18.0. The monoisotopic (exact) mass is 387 g/mol. The molecule has 27 heavy (non-hydrogen) atoms. The average Bonchev–Trinajstić information content (AvgIpc) is 2.68. The molecule has 0 aromatic heterocycles. The normalized spacial score (nSPS) is 17.8. The highest BCUT2D eigenvalue weighted by Gasteiger charge is 2.24. The van der Waals surface area contributed by atoms with E-state index in [1.54, 1.807) is 19.2 Å². The van der Waals surface area contributed by atoms with Crippen LogP contribution in [0.5, 0.6) is 17.2 Å². The number of amides is 1. The molecule has 2 aromatic rings. The summed E-state index contributed by atoms with van der Waals surface area (Å²) in [6.07, 6.45) is 3.52. The maximum absolute atomic E-state index is 12.7. The van der Waals surface area contributed by atoms with Crippen LogP contribution in [0.2, 0.25) is 5.02 Å². The number of aryl methyl sites for hydroxylation is 1. The number of rotatable bonds is 4. The molecule has 6 heteroatoms. The smallest absolute Gasteiger partial charge is 0.225 e. The lowest BCUT2D eigenvalue weighted by Gasteiger charge is -2.26. The molecule has 1 atom stereocenters. The van der Waals surface area contributed by atoms with Crippen molar-refractivity contribution in [2.24, 2.45) is 0 Å². The third kappa shape index (κ3) is 3.83. The molecule has 1 heterocycles. The Morgan fingerprint density at radius 2 is 2.00 bits per heavy atom. The van der Waals surface area contributed by atoms with E-state index in [0.717, 1.165) is 25.0 Å². The molecule has 1 unspecified atom stereocenters. The number of halogens is 1. The van der Waals surface area contributed by atoms with Gasteiger partial charge in [0.2, 0.25) is 5.91 Å². The Kier molecular flexibility index (Phi) is 5.12. The van der Waals surface area contributed by atoms with E-state index in [1.807, 2.05) is 6.07 Å². The van der Waals surface area contributed by atoms with E-state index in [1.165, 1.54) is 11.1 Å². The number of carbonyl (C=O) groups excluding carboxylic acids is 1. The van der Waals surface area contributed by atoms with Crippen LogP contribution in [0.4, 0.5) is 5.69 Å². The molecule has 1 aliphatic heterocycles. The van der Waals surface area contributed by atoms with Crippen molar-refractivity contribution in [2.75, 3.05) is 25.6 Å². The minimum absolute atomic E-state index is 0.0535. The molecule has 0 radical (unpaired) electrons. The van der Waals surface area contributed by atoms with Gasteiger partial charge in [0.1, 0.15) is 19.0 Å². The first-order valence-electron chi connectivity index (χ1n) is 9.20. The fraction of sp³-hybridized carbons (Fsp3) is 0.381. The topological polar surface area (TPSA) is 56.8 Å². The highest BCUT2D eigenvalue weighted by molar-refractivity contribution is 6.34. The number of benzene rings is 2. The molecule has 1 amide bonds. The summed E-state index contributed by atoms with van der Waals surface area (Å²) in [5.74, 6) is 2.23. The second-order valence-corrected chi connectivity index (χ2v) is 7.29. The molecule has 1 N–H and O–H groups in total. The summed E-state index contributed by atoms with van der Waals surface area (Å²) in [5, 5.41) is 3.38. The van der Waals surface area contributed by atoms with Gasteiger partial charge in [0.15, 0.2) is 11.5 Å². The van der Waals surface area contributed by atoms with Gasteiger partial charge in [0.25, 0.3) is 0 Å². The van der Waals surface area contributed by atoms with Crippen LogP contribution < -0.4 is 19.5 Å². The fourth-order valence-electron chi connectivity index (χ4n) is 3.82. The molecule has 142 valence electrons. The summed E-state index contributed by atoms with van der Waals surface area (Å²) >= 11 is 6.30. The number of fused-ring (bicyclic) bond motifs is 2. The Morgan fingerprint density at radius 1 is 1.22 bits per heavy atom. The molecule has 0 bridgehead atoms. The van der Waals surface area contributed by atoms with Gasteiger partial charge in [0, 0.05) is 18.6 Å². The van der Waals surface area contributed by atoms with Gasteiger partial charge in [0.05, 0.1) is 17.8 Å². The van der Waals surface area contributed by atoms with Crippen LogP contribution >= 0.6 is 11.6 Å². The van der Waals surface area contributed by atoms with Crippen molar-refractivity contribution in [3.8, 4) is 17.2 Å². The van der Waals surface area contributed by atoms with Crippen LogP contribution in [0.25, 0.3) is 0 Å². The van der Waals surface area contributed by atoms with E-state index >= 15 is 0 Å². The lowest BCUT2D eigenvalue weighted by Crippen LogP contribution is -2.20. The quantitative estimate of drug-likeness (QED) is 0.835. The first-order valence-corrected chi connectivity index (χ1v) is 9.57. The average molecular weight is 388 g/mol. The third-order valence-corrected chi connectivity index (χ3v) is 5.44. The van der Waals surface area contributed by atoms with Gasteiger partial charge in [-0.2, -0.15) is 0 Å². The second-order valence-electron chi connectivity index (χ2n) is 6.88. The number of nitrogens with one attached hydrogen (secondary N) is 1. The number of hydrogen-bond acceptors (Lipinski definition) is 4. The number of hydrogen-bond donors (Lipinski definition) is 1. The minimum atomic E-state index is -0.0535. The number of carbonyl (C=O) groups is 1. The van der Waals surface area contributed by atoms with Gasteiger partial charge in [-0.05, 0) is 48.4 Å². The molecular formula is C21H22ClNO4. The van der Waals surface area contributed by atoms with Crippen molar-refractivity contribution in [3.05, 3.63) is 46.5 Å². The molecule has 0 saturated heterocycles. The first-order chi connectivity index (χ1) is 13.1. The van der Waals surface area contributed by atoms with Crippen molar-refractivity contribution in [1.82, 2.24) is 0 Å². The molecule has 0 saturated carbocycles. The van der Waals surface area contributed by atoms with Gasteiger partial charge in [-0.1, -0.05) is 17.7 Å². The van der Waals surface area contributed by atoms with E-state index in [2.05, 4.69) is 17.4 Å². The summed E-state index contributed by atoms with van der Waals surface area (Å²) in [6, 6.07) is 9.55. The molecular weight excluding hydrogens is 366 g/mol. The van der Waals surface area contributed by atoms with Gasteiger partial charge >= 0.3 is 0 Å². The summed E-state index contributed by atoms with van der Waals surface area (Å²) < 4.78 is 16.4. The van der Waals surface area contributed by atoms with Crippen molar-refractivity contribution in [2.45, 2.75) is 31.6 Å². The zero-order valence-corrected chi connectivity index (χ0v) is 16.0. The minimum Gasteiger partial charge on any atom is -0.497 e. The SMILES string of the molecule is COc1ccc2c(c1)CCCC2CC(=O)Nc1cc2c(cc1Cl)OCCO2. The van der Waals surface area contributed by atoms with Gasteiger partial charge in [-0.25, -0.2) is 0 Å². The van der Waals surface area contributed by atoms with Crippen LogP contribution in [0.15, 0.2) is 30.3 Å². The van der Waals surface area contributed by atoms with E-state index < -0.39 is 0 Å².